The third kappa shape index (κ3) is 2.61. The Bertz CT molecular complexity index is 696. The van der Waals surface area contributed by atoms with Crippen molar-refractivity contribution in [3.05, 3.63) is 44.9 Å². The molecule has 0 amide bonds. The van der Waals surface area contributed by atoms with E-state index in [1.807, 2.05) is 13.8 Å². The lowest BCUT2D eigenvalue weighted by Gasteiger charge is -2.13. The largest absolute Gasteiger partial charge is 0.376 e. The summed E-state index contributed by atoms with van der Waals surface area (Å²) in [6.07, 6.45) is 3.25. The van der Waals surface area contributed by atoms with Crippen molar-refractivity contribution >= 4 is 17.2 Å². The molecule has 0 aromatic carbocycles. The van der Waals surface area contributed by atoms with Crippen LogP contribution in [0.3, 0.4) is 0 Å². The van der Waals surface area contributed by atoms with Gasteiger partial charge in [-0.3, -0.25) is 19.3 Å². The average molecular weight is 276 g/mol. The average Bonchev–Trinajstić information content (AvgIpc) is 2.38. The third-order valence-corrected chi connectivity index (χ3v) is 3.00. The summed E-state index contributed by atoms with van der Waals surface area (Å²) < 4.78 is 1.17. The van der Waals surface area contributed by atoms with E-state index in [1.165, 1.54) is 10.6 Å². The number of fused-ring (bicyclic) bond motifs is 1. The number of hydrogen-bond acceptors (Lipinski definition) is 5. The zero-order chi connectivity index (χ0) is 14.7. The van der Waals surface area contributed by atoms with E-state index in [9.17, 15) is 14.9 Å². The topological polar surface area (TPSA) is 89.5 Å². The van der Waals surface area contributed by atoms with Crippen LogP contribution in [0.1, 0.15) is 26.7 Å². The molecule has 2 rings (SSSR count). The summed E-state index contributed by atoms with van der Waals surface area (Å²) in [5.41, 5.74) is -0.808. The minimum atomic E-state index is -0.685. The van der Waals surface area contributed by atoms with Crippen molar-refractivity contribution in [2.24, 2.45) is 0 Å². The molecule has 20 heavy (non-hydrogen) atoms. The molecule has 1 atom stereocenters. The second-order valence-corrected chi connectivity index (χ2v) is 4.63. The zero-order valence-corrected chi connectivity index (χ0v) is 11.4. The maximum absolute atomic E-state index is 12.2. The highest BCUT2D eigenvalue weighted by Crippen LogP contribution is 2.19. The molecule has 0 bridgehead atoms. The number of aromatic nitrogens is 2. The van der Waals surface area contributed by atoms with Crippen molar-refractivity contribution in [2.75, 3.05) is 5.32 Å². The predicted octanol–water partition coefficient (Wildman–Crippen LogP) is 2.20. The van der Waals surface area contributed by atoms with E-state index in [1.54, 1.807) is 18.2 Å². The zero-order valence-electron chi connectivity index (χ0n) is 11.4. The highest BCUT2D eigenvalue weighted by Gasteiger charge is 2.24. The van der Waals surface area contributed by atoms with Crippen molar-refractivity contribution < 1.29 is 4.92 Å². The fraction of sp³-hybridized carbons (Fsp3) is 0.385. The second-order valence-electron chi connectivity index (χ2n) is 4.63. The van der Waals surface area contributed by atoms with E-state index < -0.39 is 16.2 Å². The summed E-state index contributed by atoms with van der Waals surface area (Å²) in [7, 11) is 0. The molecule has 2 aromatic rings. The highest BCUT2D eigenvalue weighted by atomic mass is 16.6. The Morgan fingerprint density at radius 3 is 2.90 bits per heavy atom. The van der Waals surface area contributed by atoms with Crippen LogP contribution in [0.2, 0.25) is 0 Å². The second kappa shape index (κ2) is 5.68. The van der Waals surface area contributed by atoms with Crippen LogP contribution in [0.4, 0.5) is 11.5 Å². The standard InChI is InChI=1S/C13H16N4O3/c1-3-6-9(2)14-12-11(17(19)20)13(18)16-8-5-4-7-10(16)15-12/h4-5,7-9,14H,3,6H2,1-2H3/t9-/m1/s1. The SMILES string of the molecule is CCC[C@@H](C)Nc1nc2ccccn2c(=O)c1[N+](=O)[O-]. The molecule has 0 fully saturated rings. The Kier molecular flexibility index (Phi) is 3.97. The third-order valence-electron chi connectivity index (χ3n) is 3.00. The van der Waals surface area contributed by atoms with Gasteiger partial charge in [-0.2, -0.15) is 0 Å². The van der Waals surface area contributed by atoms with Crippen molar-refractivity contribution in [1.29, 1.82) is 0 Å². The summed E-state index contributed by atoms with van der Waals surface area (Å²) >= 11 is 0. The number of nitrogens with zero attached hydrogens (tertiary/aromatic N) is 3. The van der Waals surface area contributed by atoms with Gasteiger partial charge in [-0.25, -0.2) is 4.98 Å². The van der Waals surface area contributed by atoms with Gasteiger partial charge < -0.3 is 5.32 Å². The monoisotopic (exact) mass is 276 g/mol. The van der Waals surface area contributed by atoms with Gasteiger partial charge in [0.1, 0.15) is 5.65 Å². The molecule has 0 spiro atoms. The molecule has 7 heteroatoms. The maximum atomic E-state index is 12.2. The number of nitro groups is 1. The molecule has 2 aromatic heterocycles. The van der Waals surface area contributed by atoms with E-state index in [0.717, 1.165) is 12.8 Å². The van der Waals surface area contributed by atoms with Crippen LogP contribution in [0.25, 0.3) is 5.65 Å². The molecule has 0 radical (unpaired) electrons. The Hall–Kier alpha value is -2.44. The number of rotatable bonds is 5. The Morgan fingerprint density at radius 2 is 2.25 bits per heavy atom. The first-order valence-corrected chi connectivity index (χ1v) is 6.47. The van der Waals surface area contributed by atoms with Gasteiger partial charge in [0, 0.05) is 12.2 Å². The summed E-state index contributed by atoms with van der Waals surface area (Å²) in [5, 5.41) is 14.1. The first kappa shape index (κ1) is 14.0. The van der Waals surface area contributed by atoms with Crippen LogP contribution >= 0.6 is 0 Å². The molecule has 2 heterocycles. The molecular formula is C13H16N4O3. The number of nitrogens with one attached hydrogen (secondary N) is 1. The molecule has 0 saturated heterocycles. The van der Waals surface area contributed by atoms with Crippen molar-refractivity contribution in [1.82, 2.24) is 9.38 Å². The molecule has 7 nitrogen and oxygen atoms in total. The van der Waals surface area contributed by atoms with Gasteiger partial charge in [0.2, 0.25) is 5.82 Å². The smallest absolute Gasteiger partial charge is 0.362 e. The minimum Gasteiger partial charge on any atom is -0.362 e. The van der Waals surface area contributed by atoms with Gasteiger partial charge in [-0.1, -0.05) is 19.4 Å². The number of anilines is 1. The molecule has 0 aliphatic rings. The van der Waals surface area contributed by atoms with Crippen molar-refractivity contribution in [3.8, 4) is 0 Å². The van der Waals surface area contributed by atoms with Crippen LogP contribution in [-0.4, -0.2) is 20.3 Å². The first-order chi connectivity index (χ1) is 9.54. The number of hydrogen-bond donors (Lipinski definition) is 1. The van der Waals surface area contributed by atoms with Gasteiger partial charge in [-0.05, 0) is 25.5 Å². The first-order valence-electron chi connectivity index (χ1n) is 6.47. The lowest BCUT2D eigenvalue weighted by molar-refractivity contribution is -0.385. The fourth-order valence-electron chi connectivity index (χ4n) is 2.08. The highest BCUT2D eigenvalue weighted by molar-refractivity contribution is 5.60. The fourth-order valence-corrected chi connectivity index (χ4v) is 2.08. The van der Waals surface area contributed by atoms with Crippen LogP contribution < -0.4 is 10.9 Å². The Balaban J connectivity index is 2.60. The van der Waals surface area contributed by atoms with E-state index in [4.69, 9.17) is 0 Å². The van der Waals surface area contributed by atoms with Crippen LogP contribution in [0.15, 0.2) is 29.2 Å². The lowest BCUT2D eigenvalue weighted by Crippen LogP contribution is -2.24. The molecular weight excluding hydrogens is 260 g/mol. The summed E-state index contributed by atoms with van der Waals surface area (Å²) in [6, 6.07) is 5.01. The molecule has 106 valence electrons. The van der Waals surface area contributed by atoms with E-state index in [2.05, 4.69) is 10.3 Å². The molecule has 0 aliphatic carbocycles. The van der Waals surface area contributed by atoms with E-state index >= 15 is 0 Å². The van der Waals surface area contributed by atoms with Gasteiger partial charge in [0.05, 0.1) is 4.92 Å². The molecule has 0 saturated carbocycles. The Morgan fingerprint density at radius 1 is 1.50 bits per heavy atom. The number of pyridine rings is 1. The minimum absolute atomic E-state index is 0.0109. The van der Waals surface area contributed by atoms with Crippen LogP contribution in [-0.2, 0) is 0 Å². The summed E-state index contributed by atoms with van der Waals surface area (Å²) in [6.45, 7) is 3.93. The normalized spacial score (nSPS) is 12.3. The van der Waals surface area contributed by atoms with Crippen LogP contribution in [0.5, 0.6) is 0 Å². The maximum Gasteiger partial charge on any atom is 0.376 e. The predicted molar refractivity (Wildman–Crippen MR) is 76.1 cm³/mol. The summed E-state index contributed by atoms with van der Waals surface area (Å²) in [4.78, 5) is 26.8. The lowest BCUT2D eigenvalue weighted by atomic mass is 10.2. The van der Waals surface area contributed by atoms with Crippen molar-refractivity contribution in [3.63, 3.8) is 0 Å². The quantitative estimate of drug-likeness (QED) is 0.668. The van der Waals surface area contributed by atoms with Crippen LogP contribution in [0, 0.1) is 10.1 Å². The van der Waals surface area contributed by atoms with Gasteiger partial charge in [0.15, 0.2) is 0 Å². The molecule has 0 aliphatic heterocycles. The molecule has 0 unspecified atom stereocenters. The summed E-state index contributed by atoms with van der Waals surface area (Å²) in [5.74, 6) is 0.0344. The van der Waals surface area contributed by atoms with Crippen molar-refractivity contribution in [2.45, 2.75) is 32.7 Å². The van der Waals surface area contributed by atoms with E-state index in [-0.39, 0.29) is 11.9 Å². The van der Waals surface area contributed by atoms with Gasteiger partial charge in [0.25, 0.3) is 0 Å². The van der Waals surface area contributed by atoms with Gasteiger partial charge in [-0.15, -0.1) is 0 Å². The molecule has 1 N–H and O–H groups in total. The Labute approximate surface area is 115 Å². The van der Waals surface area contributed by atoms with E-state index in [0.29, 0.717) is 5.65 Å². The van der Waals surface area contributed by atoms with Gasteiger partial charge >= 0.3 is 11.2 Å².